The summed E-state index contributed by atoms with van der Waals surface area (Å²) >= 11 is 16.8. The van der Waals surface area contributed by atoms with Gasteiger partial charge in [0.15, 0.2) is 10.9 Å². The van der Waals surface area contributed by atoms with Crippen molar-refractivity contribution in [3.05, 3.63) is 63.6 Å². The molecule has 0 aliphatic carbocycles. The third kappa shape index (κ3) is 5.03. The van der Waals surface area contributed by atoms with E-state index in [2.05, 4.69) is 10.6 Å². The number of rotatable bonds is 3. The zero-order valence-electron chi connectivity index (χ0n) is 12.0. The molecule has 4 nitrogen and oxygen atoms in total. The fourth-order valence-electron chi connectivity index (χ4n) is 1.81. The van der Waals surface area contributed by atoms with E-state index in [0.29, 0.717) is 26.9 Å². The van der Waals surface area contributed by atoms with Gasteiger partial charge < -0.3 is 5.32 Å². The molecule has 0 unspecified atom stereocenters. The van der Waals surface area contributed by atoms with Gasteiger partial charge in [-0.05, 0) is 61.6 Å². The summed E-state index contributed by atoms with van der Waals surface area (Å²) in [5.74, 6) is -0.447. The van der Waals surface area contributed by atoms with Crippen molar-refractivity contribution in [1.82, 2.24) is 5.32 Å². The van der Waals surface area contributed by atoms with Crippen LogP contribution in [0.2, 0.25) is 10.0 Å². The van der Waals surface area contributed by atoms with Gasteiger partial charge in [0.25, 0.3) is 5.91 Å². The minimum absolute atomic E-state index is 0.0229. The number of hydrogen-bond acceptors (Lipinski definition) is 3. The van der Waals surface area contributed by atoms with Crippen LogP contribution in [0.1, 0.15) is 27.6 Å². The van der Waals surface area contributed by atoms with E-state index in [1.807, 2.05) is 0 Å². The van der Waals surface area contributed by atoms with Crippen molar-refractivity contribution >= 4 is 57.9 Å². The number of anilines is 1. The van der Waals surface area contributed by atoms with Crippen LogP contribution in [0.4, 0.5) is 5.69 Å². The van der Waals surface area contributed by atoms with Crippen LogP contribution in [0.25, 0.3) is 0 Å². The van der Waals surface area contributed by atoms with Gasteiger partial charge >= 0.3 is 0 Å². The molecule has 7 heteroatoms. The second-order valence-corrected chi connectivity index (χ2v) is 5.98. The molecule has 2 aromatic carbocycles. The van der Waals surface area contributed by atoms with E-state index in [9.17, 15) is 9.59 Å². The lowest BCUT2D eigenvalue weighted by Crippen LogP contribution is -2.34. The van der Waals surface area contributed by atoms with E-state index in [-0.39, 0.29) is 10.9 Å². The molecule has 0 aromatic heterocycles. The number of Topliss-reactive ketones (excluding diaryl/α,β-unsaturated/α-hetero) is 1. The summed E-state index contributed by atoms with van der Waals surface area (Å²) < 4.78 is 0. The van der Waals surface area contributed by atoms with Crippen molar-refractivity contribution in [1.29, 1.82) is 0 Å². The highest BCUT2D eigenvalue weighted by Gasteiger charge is 2.10. The van der Waals surface area contributed by atoms with Crippen molar-refractivity contribution in [2.45, 2.75) is 6.92 Å². The molecule has 118 valence electrons. The highest BCUT2D eigenvalue weighted by atomic mass is 35.5. The van der Waals surface area contributed by atoms with Crippen molar-refractivity contribution < 1.29 is 9.59 Å². The van der Waals surface area contributed by atoms with Crippen LogP contribution in [0.5, 0.6) is 0 Å². The molecule has 0 saturated heterocycles. The summed E-state index contributed by atoms with van der Waals surface area (Å²) in [6.45, 7) is 1.49. The van der Waals surface area contributed by atoms with E-state index < -0.39 is 5.91 Å². The van der Waals surface area contributed by atoms with Gasteiger partial charge in [0.1, 0.15) is 0 Å². The highest BCUT2D eigenvalue weighted by molar-refractivity contribution is 7.80. The third-order valence-corrected chi connectivity index (χ3v) is 3.54. The Balaban J connectivity index is 2.01. The second-order valence-electron chi connectivity index (χ2n) is 4.70. The summed E-state index contributed by atoms with van der Waals surface area (Å²) in [5.41, 5.74) is 1.56. The SMILES string of the molecule is CC(=O)c1ccc(NC(=S)NC(=O)c2cc(Cl)cc(Cl)c2)cc1. The number of thiocarbonyl (C=S) groups is 1. The maximum absolute atomic E-state index is 12.1. The molecule has 2 N–H and O–H groups in total. The summed E-state index contributed by atoms with van der Waals surface area (Å²) in [5, 5.41) is 6.25. The second kappa shape index (κ2) is 7.55. The maximum atomic E-state index is 12.1. The number of amides is 1. The van der Waals surface area contributed by atoms with Crippen LogP contribution in [-0.4, -0.2) is 16.8 Å². The number of carbonyl (C=O) groups excluding carboxylic acids is 2. The average Bonchev–Trinajstić information content (AvgIpc) is 2.46. The third-order valence-electron chi connectivity index (χ3n) is 2.90. The molecule has 2 aromatic rings. The molecule has 1 amide bonds. The van der Waals surface area contributed by atoms with Gasteiger partial charge in [0.2, 0.25) is 0 Å². The largest absolute Gasteiger partial charge is 0.332 e. The van der Waals surface area contributed by atoms with E-state index >= 15 is 0 Å². The van der Waals surface area contributed by atoms with Gasteiger partial charge in [-0.15, -0.1) is 0 Å². The monoisotopic (exact) mass is 366 g/mol. The highest BCUT2D eigenvalue weighted by Crippen LogP contribution is 2.19. The smallest absolute Gasteiger partial charge is 0.257 e. The molecular weight excluding hydrogens is 355 g/mol. The lowest BCUT2D eigenvalue weighted by Gasteiger charge is -2.10. The van der Waals surface area contributed by atoms with E-state index in [4.69, 9.17) is 35.4 Å². The standard InChI is InChI=1S/C16H12Cl2N2O2S/c1-9(21)10-2-4-14(5-3-10)19-16(23)20-15(22)11-6-12(17)8-13(18)7-11/h2-8H,1H3,(H2,19,20,22,23). The van der Waals surface area contributed by atoms with Crippen molar-refractivity contribution in [3.8, 4) is 0 Å². The molecule has 0 heterocycles. The van der Waals surface area contributed by atoms with Crippen LogP contribution in [-0.2, 0) is 0 Å². The van der Waals surface area contributed by atoms with Gasteiger partial charge in [-0.25, -0.2) is 0 Å². The van der Waals surface area contributed by atoms with Gasteiger partial charge in [0, 0.05) is 26.9 Å². The quantitative estimate of drug-likeness (QED) is 0.627. The van der Waals surface area contributed by atoms with Gasteiger partial charge in [-0.2, -0.15) is 0 Å². The van der Waals surface area contributed by atoms with Crippen LogP contribution < -0.4 is 10.6 Å². The van der Waals surface area contributed by atoms with Crippen LogP contribution in [0.15, 0.2) is 42.5 Å². The van der Waals surface area contributed by atoms with E-state index in [0.717, 1.165) is 0 Å². The lowest BCUT2D eigenvalue weighted by molar-refractivity contribution is 0.0976. The molecule has 0 radical (unpaired) electrons. The molecule has 0 aliphatic heterocycles. The molecule has 0 spiro atoms. The zero-order valence-corrected chi connectivity index (χ0v) is 14.4. The minimum Gasteiger partial charge on any atom is -0.332 e. The molecule has 0 bridgehead atoms. The number of hydrogen-bond donors (Lipinski definition) is 2. The Labute approximate surface area is 148 Å². The Morgan fingerprint density at radius 3 is 2.04 bits per heavy atom. The summed E-state index contributed by atoms with van der Waals surface area (Å²) in [6.07, 6.45) is 0. The van der Waals surface area contributed by atoms with Crippen molar-refractivity contribution in [2.24, 2.45) is 0 Å². The number of ketones is 1. The Bertz CT molecular complexity index is 756. The zero-order chi connectivity index (χ0) is 17.0. The Hall–Kier alpha value is -1.95. The Morgan fingerprint density at radius 1 is 0.957 bits per heavy atom. The van der Waals surface area contributed by atoms with Crippen molar-refractivity contribution in [3.63, 3.8) is 0 Å². The van der Waals surface area contributed by atoms with Crippen LogP contribution in [0, 0.1) is 0 Å². The minimum atomic E-state index is -0.424. The predicted molar refractivity (Wildman–Crippen MR) is 96.6 cm³/mol. The Kier molecular flexibility index (Phi) is 5.71. The average molecular weight is 367 g/mol. The number of benzene rings is 2. The van der Waals surface area contributed by atoms with Gasteiger partial charge in [0.05, 0.1) is 0 Å². The first kappa shape index (κ1) is 17.4. The lowest BCUT2D eigenvalue weighted by atomic mass is 10.1. The van der Waals surface area contributed by atoms with Gasteiger partial charge in [-0.3, -0.25) is 14.9 Å². The summed E-state index contributed by atoms with van der Waals surface area (Å²) in [6, 6.07) is 11.3. The first-order valence-electron chi connectivity index (χ1n) is 6.54. The topological polar surface area (TPSA) is 58.2 Å². The fourth-order valence-corrected chi connectivity index (χ4v) is 2.55. The first-order chi connectivity index (χ1) is 10.8. The molecule has 23 heavy (non-hydrogen) atoms. The molecule has 0 atom stereocenters. The molecule has 2 rings (SSSR count). The fraction of sp³-hybridized carbons (Fsp3) is 0.0625. The summed E-state index contributed by atoms with van der Waals surface area (Å²) in [4.78, 5) is 23.3. The molecule has 0 fully saturated rings. The van der Waals surface area contributed by atoms with Gasteiger partial charge in [-0.1, -0.05) is 23.2 Å². The van der Waals surface area contributed by atoms with Crippen LogP contribution >= 0.6 is 35.4 Å². The first-order valence-corrected chi connectivity index (χ1v) is 7.71. The number of nitrogens with one attached hydrogen (secondary N) is 2. The predicted octanol–water partition coefficient (Wildman–Crippen LogP) is 4.32. The maximum Gasteiger partial charge on any atom is 0.257 e. The normalized spacial score (nSPS) is 10.0. The van der Waals surface area contributed by atoms with Crippen LogP contribution in [0.3, 0.4) is 0 Å². The molecule has 0 aliphatic rings. The summed E-state index contributed by atoms with van der Waals surface area (Å²) in [7, 11) is 0. The number of carbonyl (C=O) groups is 2. The Morgan fingerprint density at radius 2 is 1.52 bits per heavy atom. The van der Waals surface area contributed by atoms with E-state index in [1.54, 1.807) is 24.3 Å². The number of halogens is 2. The molecular formula is C16H12Cl2N2O2S. The van der Waals surface area contributed by atoms with E-state index in [1.165, 1.54) is 25.1 Å². The molecule has 0 saturated carbocycles. The van der Waals surface area contributed by atoms with Crippen molar-refractivity contribution in [2.75, 3.05) is 5.32 Å².